The minimum absolute atomic E-state index is 0.207. The predicted molar refractivity (Wildman–Crippen MR) is 52.2 cm³/mol. The van der Waals surface area contributed by atoms with Gasteiger partial charge in [0.1, 0.15) is 5.82 Å². The first-order valence-corrected chi connectivity index (χ1v) is 4.60. The Kier molecular flexibility index (Phi) is 2.14. The van der Waals surface area contributed by atoms with Crippen LogP contribution in [0.4, 0.5) is 5.82 Å². The number of anilines is 1. The van der Waals surface area contributed by atoms with Crippen molar-refractivity contribution in [3.63, 3.8) is 0 Å². The molecule has 0 amide bonds. The van der Waals surface area contributed by atoms with Crippen LogP contribution in [0, 0.1) is 6.92 Å². The van der Waals surface area contributed by atoms with Crippen molar-refractivity contribution in [2.45, 2.75) is 13.0 Å². The van der Waals surface area contributed by atoms with Crippen molar-refractivity contribution < 1.29 is 5.11 Å². The van der Waals surface area contributed by atoms with Crippen molar-refractivity contribution in [3.05, 3.63) is 22.8 Å². The highest BCUT2D eigenvalue weighted by Crippen LogP contribution is 2.23. The Balaban J connectivity index is 2.18. The van der Waals surface area contributed by atoms with Gasteiger partial charge in [-0.1, -0.05) is 11.6 Å². The molecule has 0 bridgehead atoms. The lowest BCUT2D eigenvalue weighted by atomic mass is 10.1. The Hall–Kier alpha value is -0.800. The quantitative estimate of drug-likeness (QED) is 0.738. The minimum atomic E-state index is -0.207. The van der Waals surface area contributed by atoms with Gasteiger partial charge in [-0.3, -0.25) is 0 Å². The zero-order valence-corrected chi connectivity index (χ0v) is 8.12. The van der Waals surface area contributed by atoms with E-state index in [1.807, 2.05) is 17.9 Å². The first-order chi connectivity index (χ1) is 6.16. The molecule has 1 aliphatic rings. The van der Waals surface area contributed by atoms with E-state index in [0.29, 0.717) is 13.1 Å². The van der Waals surface area contributed by atoms with Gasteiger partial charge in [0, 0.05) is 24.3 Å². The van der Waals surface area contributed by atoms with Gasteiger partial charge in [0.2, 0.25) is 0 Å². The van der Waals surface area contributed by atoms with Gasteiger partial charge >= 0.3 is 0 Å². The van der Waals surface area contributed by atoms with Gasteiger partial charge in [0.15, 0.2) is 0 Å². The summed E-state index contributed by atoms with van der Waals surface area (Å²) in [6, 6.07) is 1.84. The number of pyridine rings is 1. The maximum Gasteiger partial charge on any atom is 0.130 e. The van der Waals surface area contributed by atoms with Crippen LogP contribution >= 0.6 is 11.6 Å². The first-order valence-electron chi connectivity index (χ1n) is 4.22. The van der Waals surface area contributed by atoms with Crippen molar-refractivity contribution in [3.8, 4) is 0 Å². The molecule has 3 nitrogen and oxygen atoms in total. The monoisotopic (exact) mass is 198 g/mol. The molecule has 1 aromatic rings. The third-order valence-electron chi connectivity index (χ3n) is 2.21. The standard InChI is InChI=1S/C9H11ClN2O/c1-6-3-11-9(2-8(6)10)12-4-7(13)5-12/h2-3,7,13H,4-5H2,1H3. The molecule has 0 radical (unpaired) electrons. The summed E-state index contributed by atoms with van der Waals surface area (Å²) in [6.45, 7) is 3.24. The van der Waals surface area contributed by atoms with Crippen LogP contribution in [-0.2, 0) is 0 Å². The van der Waals surface area contributed by atoms with Crippen molar-refractivity contribution >= 4 is 17.4 Å². The lowest BCUT2D eigenvalue weighted by molar-refractivity contribution is 0.141. The summed E-state index contributed by atoms with van der Waals surface area (Å²) in [4.78, 5) is 6.22. The molecular weight excluding hydrogens is 188 g/mol. The summed E-state index contributed by atoms with van der Waals surface area (Å²) in [5.74, 6) is 0.848. The highest BCUT2D eigenvalue weighted by Gasteiger charge is 2.25. The van der Waals surface area contributed by atoms with Crippen LogP contribution in [0.2, 0.25) is 5.02 Å². The van der Waals surface area contributed by atoms with Gasteiger partial charge in [-0.25, -0.2) is 4.98 Å². The molecule has 0 aliphatic carbocycles. The third kappa shape index (κ3) is 1.62. The van der Waals surface area contributed by atoms with Crippen LogP contribution in [0.3, 0.4) is 0 Å². The number of β-amino-alcohol motifs (C(OH)–C–C–N with tert-alkyl or cyclic N) is 1. The summed E-state index contributed by atoms with van der Waals surface area (Å²) < 4.78 is 0. The Morgan fingerprint density at radius 2 is 2.31 bits per heavy atom. The molecule has 2 rings (SSSR count). The smallest absolute Gasteiger partial charge is 0.130 e. The third-order valence-corrected chi connectivity index (χ3v) is 2.62. The van der Waals surface area contributed by atoms with Crippen LogP contribution in [0.15, 0.2) is 12.3 Å². The predicted octanol–water partition coefficient (Wildman–Crippen LogP) is 1.22. The maximum absolute atomic E-state index is 9.10. The fourth-order valence-corrected chi connectivity index (χ4v) is 1.45. The molecule has 0 saturated carbocycles. The molecule has 1 N–H and O–H groups in total. The second-order valence-electron chi connectivity index (χ2n) is 3.35. The van der Waals surface area contributed by atoms with Crippen molar-refractivity contribution in [1.29, 1.82) is 0 Å². The summed E-state index contributed by atoms with van der Waals surface area (Å²) >= 11 is 5.95. The van der Waals surface area contributed by atoms with Crippen LogP contribution in [0.25, 0.3) is 0 Å². The topological polar surface area (TPSA) is 36.4 Å². The van der Waals surface area contributed by atoms with E-state index in [1.165, 1.54) is 0 Å². The number of aliphatic hydroxyl groups is 1. The van der Waals surface area contributed by atoms with Gasteiger partial charge < -0.3 is 10.0 Å². The van der Waals surface area contributed by atoms with E-state index in [2.05, 4.69) is 4.98 Å². The molecule has 1 saturated heterocycles. The number of aliphatic hydroxyl groups excluding tert-OH is 1. The number of aromatic nitrogens is 1. The minimum Gasteiger partial charge on any atom is -0.389 e. The normalized spacial score (nSPS) is 17.3. The molecule has 1 aliphatic heterocycles. The van der Waals surface area contributed by atoms with Crippen LogP contribution < -0.4 is 4.90 Å². The largest absolute Gasteiger partial charge is 0.389 e. The summed E-state index contributed by atoms with van der Waals surface area (Å²) in [5, 5.41) is 9.83. The molecule has 0 unspecified atom stereocenters. The second-order valence-corrected chi connectivity index (χ2v) is 3.76. The fraction of sp³-hybridized carbons (Fsp3) is 0.444. The molecule has 0 atom stereocenters. The molecule has 1 fully saturated rings. The number of rotatable bonds is 1. The zero-order valence-electron chi connectivity index (χ0n) is 7.37. The van der Waals surface area contributed by atoms with Crippen LogP contribution in [0.5, 0.6) is 0 Å². The molecule has 13 heavy (non-hydrogen) atoms. The van der Waals surface area contributed by atoms with Crippen molar-refractivity contribution in [2.75, 3.05) is 18.0 Å². The summed E-state index contributed by atoms with van der Waals surface area (Å²) in [7, 11) is 0. The molecule has 2 heterocycles. The van der Waals surface area contributed by atoms with Crippen molar-refractivity contribution in [2.24, 2.45) is 0 Å². The van der Waals surface area contributed by atoms with Crippen LogP contribution in [0.1, 0.15) is 5.56 Å². The SMILES string of the molecule is Cc1cnc(N2CC(O)C2)cc1Cl. The van der Waals surface area contributed by atoms with Gasteiger partial charge in [-0.15, -0.1) is 0 Å². The van der Waals surface area contributed by atoms with E-state index in [9.17, 15) is 0 Å². The summed E-state index contributed by atoms with van der Waals surface area (Å²) in [5.41, 5.74) is 0.978. The summed E-state index contributed by atoms with van der Waals surface area (Å²) in [6.07, 6.45) is 1.55. The Bertz CT molecular complexity index is 323. The highest BCUT2D eigenvalue weighted by molar-refractivity contribution is 6.31. The molecule has 0 aromatic carbocycles. The van der Waals surface area contributed by atoms with E-state index >= 15 is 0 Å². The van der Waals surface area contributed by atoms with Crippen molar-refractivity contribution in [1.82, 2.24) is 4.98 Å². The lowest BCUT2D eigenvalue weighted by Gasteiger charge is -2.36. The van der Waals surface area contributed by atoms with E-state index in [1.54, 1.807) is 6.20 Å². The average Bonchev–Trinajstić information content (AvgIpc) is 2.05. The number of aryl methyl sites for hydroxylation is 1. The zero-order chi connectivity index (χ0) is 9.42. The van der Waals surface area contributed by atoms with Gasteiger partial charge in [-0.2, -0.15) is 0 Å². The highest BCUT2D eigenvalue weighted by atomic mass is 35.5. The second kappa shape index (κ2) is 3.16. The number of halogens is 1. The molecule has 0 spiro atoms. The molecular formula is C9H11ClN2O. The number of hydrogen-bond donors (Lipinski definition) is 1. The van der Waals surface area contributed by atoms with Gasteiger partial charge in [-0.05, 0) is 18.6 Å². The lowest BCUT2D eigenvalue weighted by Crippen LogP contribution is -2.51. The first kappa shape index (κ1) is 8.78. The Morgan fingerprint density at radius 1 is 1.62 bits per heavy atom. The molecule has 70 valence electrons. The number of hydrogen-bond acceptors (Lipinski definition) is 3. The van der Waals surface area contributed by atoms with Gasteiger partial charge in [0.05, 0.1) is 6.10 Å². The van der Waals surface area contributed by atoms with E-state index in [4.69, 9.17) is 16.7 Å². The maximum atomic E-state index is 9.10. The van der Waals surface area contributed by atoms with E-state index < -0.39 is 0 Å². The van der Waals surface area contributed by atoms with Crippen LogP contribution in [-0.4, -0.2) is 29.3 Å². The molecule has 1 aromatic heterocycles. The molecule has 4 heteroatoms. The Labute approximate surface area is 82.0 Å². The number of nitrogens with zero attached hydrogens (tertiary/aromatic N) is 2. The van der Waals surface area contributed by atoms with E-state index in [-0.39, 0.29) is 6.10 Å². The average molecular weight is 199 g/mol. The van der Waals surface area contributed by atoms with Gasteiger partial charge in [0.25, 0.3) is 0 Å². The fourth-order valence-electron chi connectivity index (χ4n) is 1.30. The van der Waals surface area contributed by atoms with E-state index in [0.717, 1.165) is 16.4 Å². The Morgan fingerprint density at radius 3 is 2.85 bits per heavy atom.